The van der Waals surface area contributed by atoms with Crippen LogP contribution in [0.3, 0.4) is 0 Å². The maximum absolute atomic E-state index is 13.4. The highest BCUT2D eigenvalue weighted by Crippen LogP contribution is 2.32. The number of halogens is 2. The number of likely N-dealkylation sites (N-methyl/N-ethyl adjacent to an activating group) is 1. The van der Waals surface area contributed by atoms with E-state index in [1.54, 1.807) is 32.2 Å². The molecule has 3 atom stereocenters. The first-order chi connectivity index (χ1) is 16.8. The second-order valence-corrected chi connectivity index (χ2v) is 9.10. The van der Waals surface area contributed by atoms with Crippen LogP contribution in [0.4, 0.5) is 5.69 Å². The van der Waals surface area contributed by atoms with E-state index in [-0.39, 0.29) is 11.8 Å². The summed E-state index contributed by atoms with van der Waals surface area (Å²) in [4.78, 5) is 33.0. The molecule has 3 aromatic carbocycles. The van der Waals surface area contributed by atoms with Crippen molar-refractivity contribution in [2.45, 2.75) is 19.2 Å². The number of nitrogens with one attached hydrogen (secondary N) is 1. The van der Waals surface area contributed by atoms with Gasteiger partial charge in [0.2, 0.25) is 12.1 Å². The number of para-hydroxylation sites is 1. The number of benzene rings is 3. The molecular weight excluding hydrogens is 485 g/mol. The van der Waals surface area contributed by atoms with Crippen LogP contribution in [0.25, 0.3) is 0 Å². The fourth-order valence-electron chi connectivity index (χ4n) is 4.16. The van der Waals surface area contributed by atoms with E-state index >= 15 is 0 Å². The van der Waals surface area contributed by atoms with Crippen LogP contribution in [0.5, 0.6) is 0 Å². The lowest BCUT2D eigenvalue weighted by molar-refractivity contribution is -0.132. The number of nitrogens with zero attached hydrogens (tertiary/aromatic N) is 2. The number of hydrogen-bond acceptors (Lipinski definition) is 4. The largest absolute Gasteiger partial charge is 0.376 e. The van der Waals surface area contributed by atoms with Crippen molar-refractivity contribution in [3.63, 3.8) is 0 Å². The van der Waals surface area contributed by atoms with Gasteiger partial charge in [0.05, 0.1) is 33.5 Å². The molecule has 2 amide bonds. The van der Waals surface area contributed by atoms with Crippen LogP contribution in [0.1, 0.15) is 29.7 Å². The molecule has 0 spiro atoms. The van der Waals surface area contributed by atoms with E-state index in [2.05, 4.69) is 5.32 Å². The van der Waals surface area contributed by atoms with Crippen molar-refractivity contribution in [1.29, 1.82) is 0 Å². The molecule has 3 aromatic rings. The molecule has 0 saturated heterocycles. The van der Waals surface area contributed by atoms with E-state index < -0.39 is 18.2 Å². The van der Waals surface area contributed by atoms with Gasteiger partial charge in [-0.3, -0.25) is 9.59 Å². The van der Waals surface area contributed by atoms with Crippen molar-refractivity contribution >= 4 is 46.4 Å². The third-order valence-electron chi connectivity index (χ3n) is 6.06. The standard InChI is InChI=1S/C27H25Cl2N3O3/c1-16(24(35-3)18-13-14-20(28)21(29)15-18)26(33)31-25-27(34)32(2)22-12-8-7-11-19(22)23(30-25)17-9-5-4-6-10-17/h4-16,24-25H,1-3H3,(H,31,33)/t16-,24-,25-/m1/s1. The number of benzodiazepines with no additional fused rings is 1. The Morgan fingerprint density at radius 2 is 1.71 bits per heavy atom. The van der Waals surface area contributed by atoms with Crippen molar-refractivity contribution in [1.82, 2.24) is 5.32 Å². The minimum Gasteiger partial charge on any atom is -0.376 e. The highest BCUT2D eigenvalue weighted by Gasteiger charge is 2.34. The van der Waals surface area contributed by atoms with Crippen LogP contribution in [0.2, 0.25) is 10.0 Å². The number of anilines is 1. The summed E-state index contributed by atoms with van der Waals surface area (Å²) < 4.78 is 5.62. The number of hydrogen-bond donors (Lipinski definition) is 1. The Hall–Kier alpha value is -3.19. The monoisotopic (exact) mass is 509 g/mol. The Morgan fingerprint density at radius 1 is 1.03 bits per heavy atom. The van der Waals surface area contributed by atoms with Crippen LogP contribution in [-0.4, -0.2) is 37.8 Å². The van der Waals surface area contributed by atoms with Crippen LogP contribution in [0.15, 0.2) is 77.8 Å². The fraction of sp³-hybridized carbons (Fsp3) is 0.222. The molecule has 8 heteroatoms. The lowest BCUT2D eigenvalue weighted by atomic mass is 9.96. The van der Waals surface area contributed by atoms with E-state index in [1.807, 2.05) is 54.6 Å². The zero-order valence-corrected chi connectivity index (χ0v) is 21.0. The summed E-state index contributed by atoms with van der Waals surface area (Å²) >= 11 is 12.2. The molecule has 1 N–H and O–H groups in total. The van der Waals surface area contributed by atoms with Gasteiger partial charge >= 0.3 is 0 Å². The quantitative estimate of drug-likeness (QED) is 0.491. The molecule has 0 aromatic heterocycles. The second kappa shape index (κ2) is 10.6. The van der Waals surface area contributed by atoms with Gasteiger partial charge in [0.15, 0.2) is 0 Å². The topological polar surface area (TPSA) is 71.0 Å². The first-order valence-corrected chi connectivity index (χ1v) is 11.9. The number of rotatable bonds is 6. The maximum Gasteiger partial charge on any atom is 0.272 e. The minimum atomic E-state index is -1.11. The zero-order chi connectivity index (χ0) is 25.1. The van der Waals surface area contributed by atoms with Gasteiger partial charge in [-0.1, -0.05) is 84.7 Å². The molecule has 0 radical (unpaired) electrons. The van der Waals surface area contributed by atoms with Crippen molar-refractivity contribution in [2.75, 3.05) is 19.1 Å². The molecule has 4 rings (SSSR count). The summed E-state index contributed by atoms with van der Waals surface area (Å²) in [7, 11) is 3.20. The molecule has 6 nitrogen and oxygen atoms in total. The zero-order valence-electron chi connectivity index (χ0n) is 19.5. The van der Waals surface area contributed by atoms with Crippen LogP contribution < -0.4 is 10.2 Å². The summed E-state index contributed by atoms with van der Waals surface area (Å²) in [6, 6.07) is 22.2. The van der Waals surface area contributed by atoms with Crippen LogP contribution in [-0.2, 0) is 14.3 Å². The van der Waals surface area contributed by atoms with Gasteiger partial charge in [-0.25, -0.2) is 4.99 Å². The average molecular weight is 510 g/mol. The van der Waals surface area contributed by atoms with Crippen molar-refractivity contribution in [3.05, 3.63) is 99.5 Å². The van der Waals surface area contributed by atoms with Gasteiger partial charge in [0.25, 0.3) is 5.91 Å². The van der Waals surface area contributed by atoms with Crippen molar-refractivity contribution in [2.24, 2.45) is 10.9 Å². The van der Waals surface area contributed by atoms with Crippen molar-refractivity contribution < 1.29 is 14.3 Å². The van der Waals surface area contributed by atoms with E-state index in [1.165, 1.54) is 12.0 Å². The van der Waals surface area contributed by atoms with Crippen molar-refractivity contribution in [3.8, 4) is 0 Å². The number of ether oxygens (including phenoxy) is 1. The lowest BCUT2D eigenvalue weighted by Gasteiger charge is -2.25. The first kappa shape index (κ1) is 24.9. The second-order valence-electron chi connectivity index (χ2n) is 8.29. The molecule has 35 heavy (non-hydrogen) atoms. The Morgan fingerprint density at radius 3 is 2.40 bits per heavy atom. The van der Waals surface area contributed by atoms with Gasteiger partial charge in [0.1, 0.15) is 0 Å². The highest BCUT2D eigenvalue weighted by molar-refractivity contribution is 6.42. The number of fused-ring (bicyclic) bond motifs is 1. The molecule has 0 unspecified atom stereocenters. The number of carbonyl (C=O) groups excluding carboxylic acids is 2. The Kier molecular flexibility index (Phi) is 7.55. The molecule has 0 aliphatic carbocycles. The molecule has 1 heterocycles. The smallest absolute Gasteiger partial charge is 0.272 e. The van der Waals surface area contributed by atoms with Gasteiger partial charge < -0.3 is 15.0 Å². The predicted octanol–water partition coefficient (Wildman–Crippen LogP) is 5.27. The third-order valence-corrected chi connectivity index (χ3v) is 6.80. The fourth-order valence-corrected chi connectivity index (χ4v) is 4.47. The van der Waals surface area contributed by atoms with Crippen LogP contribution in [0, 0.1) is 5.92 Å². The number of aliphatic imine (C=N–C) groups is 1. The van der Waals surface area contributed by atoms with E-state index in [4.69, 9.17) is 32.9 Å². The number of carbonyl (C=O) groups is 2. The first-order valence-electron chi connectivity index (χ1n) is 11.1. The van der Waals surface area contributed by atoms with Crippen LogP contribution >= 0.6 is 23.2 Å². The molecule has 1 aliphatic rings. The Balaban J connectivity index is 1.67. The van der Waals surface area contributed by atoms with Gasteiger partial charge in [-0.2, -0.15) is 0 Å². The van der Waals surface area contributed by atoms with E-state index in [9.17, 15) is 9.59 Å². The number of amides is 2. The predicted molar refractivity (Wildman–Crippen MR) is 139 cm³/mol. The summed E-state index contributed by atoms with van der Waals surface area (Å²) in [6.07, 6.45) is -1.71. The van der Waals surface area contributed by atoms with E-state index in [0.717, 1.165) is 16.8 Å². The van der Waals surface area contributed by atoms with Gasteiger partial charge in [-0.05, 0) is 23.8 Å². The summed E-state index contributed by atoms with van der Waals surface area (Å²) in [5, 5.41) is 3.61. The SMILES string of the molecule is CO[C@@H](c1ccc(Cl)c(Cl)c1)[C@@H](C)C(=O)N[C@H]1N=C(c2ccccc2)c2ccccc2N(C)C1=O. The summed E-state index contributed by atoms with van der Waals surface area (Å²) in [6.45, 7) is 1.73. The summed E-state index contributed by atoms with van der Waals surface area (Å²) in [5.41, 5.74) is 3.71. The van der Waals surface area contributed by atoms with Gasteiger partial charge in [-0.15, -0.1) is 0 Å². The lowest BCUT2D eigenvalue weighted by Crippen LogP contribution is -2.48. The maximum atomic E-state index is 13.4. The van der Waals surface area contributed by atoms with Gasteiger partial charge in [0, 0.05) is 25.3 Å². The molecule has 1 aliphatic heterocycles. The summed E-state index contributed by atoms with van der Waals surface area (Å²) in [5.74, 6) is -1.36. The molecular formula is C27H25Cl2N3O3. The third kappa shape index (κ3) is 5.10. The normalized spacial score (nSPS) is 17.2. The average Bonchev–Trinajstić information content (AvgIpc) is 2.97. The molecule has 0 fully saturated rings. The molecule has 180 valence electrons. The Bertz CT molecular complexity index is 1280. The molecule has 0 bridgehead atoms. The molecule has 0 saturated carbocycles. The Labute approximate surface area is 214 Å². The number of methoxy groups -OCH3 is 1. The highest BCUT2D eigenvalue weighted by atomic mass is 35.5. The minimum absolute atomic E-state index is 0.340. The van der Waals surface area contributed by atoms with E-state index in [0.29, 0.717) is 21.3 Å².